The van der Waals surface area contributed by atoms with Crippen LogP contribution in [-0.2, 0) is 23.7 Å². The van der Waals surface area contributed by atoms with Crippen molar-refractivity contribution < 1.29 is 47.2 Å². The summed E-state index contributed by atoms with van der Waals surface area (Å²) in [7, 11) is -5.64. The second-order valence-corrected chi connectivity index (χ2v) is 2.12. The van der Waals surface area contributed by atoms with Gasteiger partial charge in [-0.1, -0.05) is 0 Å². The summed E-state index contributed by atoms with van der Waals surface area (Å²) in [5, 5.41) is 25.6. The summed E-state index contributed by atoms with van der Waals surface area (Å²) in [4.78, 5) is 41.6. The van der Waals surface area contributed by atoms with Crippen molar-refractivity contribution in [1.29, 1.82) is 10.8 Å². The Morgan fingerprint density at radius 3 is 1.06 bits per heavy atom. The molecule has 0 fully saturated rings. The van der Waals surface area contributed by atoms with E-state index in [1.165, 1.54) is 0 Å². The molecular formula is C4H6F2N2NaO8P. The number of nitrogens with one attached hydrogen (secondary N) is 2. The number of halogens is 2. The van der Waals surface area contributed by atoms with E-state index in [4.69, 9.17) is 49.7 Å². The molecule has 14 heteroatoms. The van der Waals surface area contributed by atoms with Crippen LogP contribution in [0.2, 0.25) is 0 Å². The van der Waals surface area contributed by atoms with Gasteiger partial charge in [-0.3, -0.25) is 4.89 Å². The number of isocyanates is 2. The van der Waals surface area contributed by atoms with Crippen LogP contribution >= 0.6 is 7.99 Å². The van der Waals surface area contributed by atoms with Crippen LogP contribution in [0.15, 0.2) is 0 Å². The predicted octanol–water partition coefficient (Wildman–Crippen LogP) is -0.665. The molecule has 100 valence electrons. The van der Waals surface area contributed by atoms with Crippen molar-refractivity contribution >= 4 is 61.6 Å². The van der Waals surface area contributed by atoms with Crippen LogP contribution in [0.25, 0.3) is 0 Å². The van der Waals surface area contributed by atoms with Gasteiger partial charge in [0.05, 0.1) is 0 Å². The average molecular weight is 302 g/mol. The van der Waals surface area contributed by atoms with Crippen molar-refractivity contribution in [2.24, 2.45) is 0 Å². The molecule has 0 amide bonds. The molecule has 0 aliphatic heterocycles. The number of hydrogen-bond donors (Lipinski definition) is 5. The Balaban J connectivity index is -0.0000000429. The van der Waals surface area contributed by atoms with E-state index in [1.54, 1.807) is 0 Å². The molecule has 0 spiro atoms. The normalized spacial score (nSPS) is 6.61. The third-order valence-corrected chi connectivity index (χ3v) is 0.183. The average Bonchev–Trinajstić information content (AvgIpc) is 2.03. The first-order valence-electron chi connectivity index (χ1n) is 2.73. The summed E-state index contributed by atoms with van der Waals surface area (Å²) < 4.78 is 28.7. The summed E-state index contributed by atoms with van der Waals surface area (Å²) in [6, 6.07) is 0. The quantitative estimate of drug-likeness (QED) is 0.128. The first kappa shape index (κ1) is 30.1. The molecule has 0 atom stereocenters. The van der Waals surface area contributed by atoms with Crippen LogP contribution in [0, 0.1) is 10.8 Å². The van der Waals surface area contributed by atoms with Crippen molar-refractivity contribution in [2.75, 3.05) is 0 Å². The van der Waals surface area contributed by atoms with Gasteiger partial charge in [0.15, 0.2) is 0 Å². The summed E-state index contributed by atoms with van der Waals surface area (Å²) >= 11 is 0. The summed E-state index contributed by atoms with van der Waals surface area (Å²) in [5.41, 5.74) is 0. The Morgan fingerprint density at radius 2 is 1.06 bits per heavy atom. The minimum atomic E-state index is -5.64. The van der Waals surface area contributed by atoms with Crippen LogP contribution in [0.1, 0.15) is 0 Å². The minimum absolute atomic E-state index is 0. The number of aliphatic carboxylic acids is 2. The molecule has 0 aromatic rings. The molecule has 0 saturated heterocycles. The molecule has 0 unspecified atom stereocenters. The van der Waals surface area contributed by atoms with E-state index in [0.717, 1.165) is 12.2 Å². The number of carboxylic acid groups (broad SMARTS) is 2. The van der Waals surface area contributed by atoms with Crippen LogP contribution < -0.4 is 0 Å². The maximum atomic E-state index is 10.1. The van der Waals surface area contributed by atoms with Gasteiger partial charge in [0.2, 0.25) is 12.2 Å². The van der Waals surface area contributed by atoms with Gasteiger partial charge in [-0.05, 0) is 0 Å². The molecule has 10 nitrogen and oxygen atoms in total. The summed E-state index contributed by atoms with van der Waals surface area (Å²) in [6.45, 7) is 0. The van der Waals surface area contributed by atoms with Gasteiger partial charge in [-0.15, -0.1) is 8.39 Å². The van der Waals surface area contributed by atoms with Gasteiger partial charge in [0, 0.05) is 0 Å². The second-order valence-electron chi connectivity index (χ2n) is 1.25. The van der Waals surface area contributed by atoms with E-state index in [-0.39, 0.29) is 29.6 Å². The Bertz CT molecular complexity index is 313. The summed E-state index contributed by atoms with van der Waals surface area (Å²) in [5.74, 6) is -3.65. The van der Waals surface area contributed by atoms with Gasteiger partial charge >= 0.3 is 49.5 Å². The second kappa shape index (κ2) is 21.1. The zero-order chi connectivity index (χ0) is 15.1. The molecule has 0 bridgehead atoms. The van der Waals surface area contributed by atoms with Crippen molar-refractivity contribution in [1.82, 2.24) is 0 Å². The van der Waals surface area contributed by atoms with Gasteiger partial charge in [0.1, 0.15) is 0 Å². The fourth-order valence-corrected chi connectivity index (χ4v) is 0. The van der Waals surface area contributed by atoms with Crippen LogP contribution in [-0.4, -0.2) is 68.8 Å². The predicted molar refractivity (Wildman–Crippen MR) is 51.3 cm³/mol. The molecule has 0 aromatic carbocycles. The number of hydrogen-bond acceptors (Lipinski definition) is 7. The molecule has 0 heterocycles. The molecule has 0 aliphatic carbocycles. The molecule has 0 radical (unpaired) electrons. The van der Waals surface area contributed by atoms with E-state index in [9.17, 15) is 8.39 Å². The standard InChI is InChI=1S/C2H2O4.2CHNO.F2HO2P.Na.H/c3-1(4)2(5)6;2*2-1-3;1-5(2,3)4;;/h(H,3,4)(H,5,6);2*2H;(H,3,4);;. The topological polar surface area (TPSA) is 194 Å². The Kier molecular flexibility index (Phi) is 35.2. The van der Waals surface area contributed by atoms with Crippen molar-refractivity contribution in [3.63, 3.8) is 0 Å². The Morgan fingerprint density at radius 1 is 1.00 bits per heavy atom. The molecule has 0 aromatic heterocycles. The van der Waals surface area contributed by atoms with Crippen LogP contribution in [0.3, 0.4) is 0 Å². The first-order chi connectivity index (χ1) is 7.47. The van der Waals surface area contributed by atoms with E-state index < -0.39 is 19.9 Å². The van der Waals surface area contributed by atoms with Crippen LogP contribution in [0.4, 0.5) is 8.39 Å². The number of carboxylic acids is 2. The zero-order valence-corrected chi connectivity index (χ0v) is 8.48. The van der Waals surface area contributed by atoms with Crippen molar-refractivity contribution in [3.8, 4) is 0 Å². The van der Waals surface area contributed by atoms with Gasteiger partial charge in [0.25, 0.3) is 0 Å². The monoisotopic (exact) mass is 302 g/mol. The molecule has 0 saturated carbocycles. The van der Waals surface area contributed by atoms with Crippen molar-refractivity contribution in [2.45, 2.75) is 0 Å². The zero-order valence-electron chi connectivity index (χ0n) is 7.59. The third kappa shape index (κ3) is 369. The molecular weight excluding hydrogens is 296 g/mol. The fraction of sp³-hybridized carbons (Fsp3) is 0. The first-order valence-corrected chi connectivity index (χ1v) is 4.18. The van der Waals surface area contributed by atoms with E-state index in [1.807, 2.05) is 0 Å². The van der Waals surface area contributed by atoms with Gasteiger partial charge < -0.3 is 10.2 Å². The Labute approximate surface area is 120 Å². The molecule has 5 N–H and O–H groups in total. The molecule has 0 rings (SSSR count). The van der Waals surface area contributed by atoms with Gasteiger partial charge in [-0.2, -0.15) is 0 Å². The SMILES string of the molecule is N=C=O.N=C=O.O=C(O)C(=O)O.O=P(O)(F)F.[NaH]. The Hall–Kier alpha value is -1.25. The maximum absolute atomic E-state index is 10.1. The van der Waals surface area contributed by atoms with E-state index in [2.05, 4.69) is 0 Å². The van der Waals surface area contributed by atoms with E-state index in [0.29, 0.717) is 0 Å². The van der Waals surface area contributed by atoms with Gasteiger partial charge in [-0.25, -0.2) is 34.6 Å². The summed E-state index contributed by atoms with van der Waals surface area (Å²) in [6.07, 6.45) is 1.50. The van der Waals surface area contributed by atoms with Crippen molar-refractivity contribution in [3.05, 3.63) is 0 Å². The van der Waals surface area contributed by atoms with E-state index >= 15 is 0 Å². The molecule has 18 heavy (non-hydrogen) atoms. The molecule has 0 aliphatic rings. The number of rotatable bonds is 0. The number of carbonyl (C=O) groups excluding carboxylic acids is 2. The fourth-order valence-electron chi connectivity index (χ4n) is 0. The third-order valence-electron chi connectivity index (χ3n) is 0.183. The van der Waals surface area contributed by atoms with Crippen LogP contribution in [0.5, 0.6) is 0 Å². The number of carbonyl (C=O) groups is 2.